The molecule has 3 nitrogen and oxygen atoms in total. The van der Waals surface area contributed by atoms with Crippen molar-refractivity contribution in [2.75, 3.05) is 6.61 Å². The van der Waals surface area contributed by atoms with Crippen LogP contribution in [-0.2, 0) is 0 Å². The molecule has 0 aliphatic carbocycles. The van der Waals surface area contributed by atoms with Crippen LogP contribution in [0.4, 0.5) is 0 Å². The van der Waals surface area contributed by atoms with Crippen LogP contribution >= 0.6 is 0 Å². The maximum Gasteiger partial charge on any atom is 0.159 e. The zero-order chi connectivity index (χ0) is 17.3. The van der Waals surface area contributed by atoms with Crippen LogP contribution in [0.5, 0.6) is 5.75 Å². The molecule has 0 N–H and O–H groups in total. The molecule has 0 aliphatic heterocycles. The molecule has 0 fully saturated rings. The van der Waals surface area contributed by atoms with Crippen LogP contribution in [0, 0.1) is 0 Å². The average Bonchev–Trinajstić information content (AvgIpc) is 2.61. The number of hydrogen-bond donors (Lipinski definition) is 0. The van der Waals surface area contributed by atoms with E-state index in [-0.39, 0.29) is 0 Å². The van der Waals surface area contributed by atoms with Gasteiger partial charge in [0.05, 0.1) is 19.0 Å². The Morgan fingerprint density at radius 3 is 2.25 bits per heavy atom. The molecular weight excluding hydrogens is 312 g/mol. The Balaban J connectivity index is 1.70. The van der Waals surface area contributed by atoms with Crippen LogP contribution < -0.4 is 4.74 Å². The van der Waals surface area contributed by atoms with Crippen LogP contribution in [-0.4, -0.2) is 24.6 Å². The number of benzene rings is 1. The molecule has 0 amide bonds. The smallest absolute Gasteiger partial charge is 0.159 e. The third-order valence-corrected chi connectivity index (χ3v) is 7.80. The third-order valence-electron chi connectivity index (χ3n) is 4.38. The number of hydrogen-bond acceptors (Lipinski definition) is 3. The van der Waals surface area contributed by atoms with Crippen molar-refractivity contribution in [3.05, 3.63) is 42.7 Å². The Morgan fingerprint density at radius 1 is 0.917 bits per heavy atom. The molecule has 0 saturated carbocycles. The van der Waals surface area contributed by atoms with Gasteiger partial charge in [-0.15, -0.1) is 0 Å². The lowest BCUT2D eigenvalue weighted by atomic mass is 10.2. The molecule has 0 saturated heterocycles. The third kappa shape index (κ3) is 6.44. The van der Waals surface area contributed by atoms with Gasteiger partial charge in [-0.1, -0.05) is 81.7 Å². The standard InChI is InChI=1S/C20H30N2OSi/c1-4-5-14-24(2,3)15-10-9-13-23-19-16-21-20(22-17-19)18-11-7-6-8-12-18/h6-8,11-12,16-17H,4-5,9-10,13-15H2,1-3H3. The molecule has 2 aromatic rings. The van der Waals surface area contributed by atoms with Crippen molar-refractivity contribution in [3.63, 3.8) is 0 Å². The minimum atomic E-state index is -0.979. The number of nitrogens with zero attached hydrogens (tertiary/aromatic N) is 2. The van der Waals surface area contributed by atoms with Gasteiger partial charge in [0.2, 0.25) is 0 Å². The molecule has 4 heteroatoms. The second-order valence-electron chi connectivity index (χ2n) is 7.18. The molecule has 2 rings (SSSR count). The number of rotatable bonds is 10. The second-order valence-corrected chi connectivity index (χ2v) is 12.5. The van der Waals surface area contributed by atoms with E-state index in [2.05, 4.69) is 30.0 Å². The zero-order valence-corrected chi connectivity index (χ0v) is 16.3. The summed E-state index contributed by atoms with van der Waals surface area (Å²) in [6, 6.07) is 12.9. The van der Waals surface area contributed by atoms with Crippen molar-refractivity contribution in [1.29, 1.82) is 0 Å². The Bertz CT molecular complexity index is 584. The molecule has 0 aliphatic rings. The highest BCUT2D eigenvalue weighted by Gasteiger charge is 2.18. The summed E-state index contributed by atoms with van der Waals surface area (Å²) in [5.41, 5.74) is 1.03. The van der Waals surface area contributed by atoms with Gasteiger partial charge in [0.1, 0.15) is 0 Å². The highest BCUT2D eigenvalue weighted by atomic mass is 28.3. The van der Waals surface area contributed by atoms with Gasteiger partial charge < -0.3 is 4.74 Å². The predicted octanol–water partition coefficient (Wildman–Crippen LogP) is 5.81. The van der Waals surface area contributed by atoms with E-state index in [0.717, 1.165) is 30.2 Å². The predicted molar refractivity (Wildman–Crippen MR) is 104 cm³/mol. The highest BCUT2D eigenvalue weighted by molar-refractivity contribution is 6.77. The fourth-order valence-electron chi connectivity index (χ4n) is 2.80. The fraction of sp³-hybridized carbons (Fsp3) is 0.500. The molecule has 0 atom stereocenters. The van der Waals surface area contributed by atoms with Gasteiger partial charge in [-0.2, -0.15) is 0 Å². The first kappa shape index (κ1) is 18.7. The molecule has 0 spiro atoms. The summed E-state index contributed by atoms with van der Waals surface area (Å²) in [7, 11) is -0.979. The Morgan fingerprint density at radius 2 is 1.58 bits per heavy atom. The zero-order valence-electron chi connectivity index (χ0n) is 15.3. The fourth-order valence-corrected chi connectivity index (χ4v) is 5.57. The molecule has 0 radical (unpaired) electrons. The summed E-state index contributed by atoms with van der Waals surface area (Å²) < 4.78 is 5.78. The van der Waals surface area contributed by atoms with Crippen LogP contribution in [0.3, 0.4) is 0 Å². The van der Waals surface area contributed by atoms with Crippen LogP contribution in [0.1, 0.15) is 32.6 Å². The van der Waals surface area contributed by atoms with Gasteiger partial charge in [-0.05, 0) is 6.42 Å². The molecule has 1 heterocycles. The normalized spacial score (nSPS) is 11.5. The van der Waals surface area contributed by atoms with Gasteiger partial charge in [-0.3, -0.25) is 0 Å². The lowest BCUT2D eigenvalue weighted by molar-refractivity contribution is 0.306. The van der Waals surface area contributed by atoms with Crippen molar-refractivity contribution in [3.8, 4) is 17.1 Å². The quantitative estimate of drug-likeness (QED) is 0.403. The van der Waals surface area contributed by atoms with Crippen LogP contribution in [0.2, 0.25) is 25.2 Å². The lowest BCUT2D eigenvalue weighted by Gasteiger charge is -2.21. The first-order chi connectivity index (χ1) is 11.6. The average molecular weight is 343 g/mol. The first-order valence-corrected chi connectivity index (χ1v) is 12.5. The lowest BCUT2D eigenvalue weighted by Crippen LogP contribution is -2.24. The minimum Gasteiger partial charge on any atom is -0.490 e. The molecule has 0 bridgehead atoms. The van der Waals surface area contributed by atoms with Gasteiger partial charge in [0.25, 0.3) is 0 Å². The molecule has 24 heavy (non-hydrogen) atoms. The summed E-state index contributed by atoms with van der Waals surface area (Å²) in [4.78, 5) is 8.78. The summed E-state index contributed by atoms with van der Waals surface area (Å²) in [6.07, 6.45) is 8.64. The van der Waals surface area contributed by atoms with Crippen molar-refractivity contribution in [2.45, 2.75) is 57.8 Å². The van der Waals surface area contributed by atoms with E-state index < -0.39 is 8.07 Å². The van der Waals surface area contributed by atoms with E-state index >= 15 is 0 Å². The van der Waals surface area contributed by atoms with Gasteiger partial charge in [-0.25, -0.2) is 9.97 Å². The Kier molecular flexibility index (Phi) is 7.44. The molecule has 0 unspecified atom stereocenters. The largest absolute Gasteiger partial charge is 0.490 e. The van der Waals surface area contributed by atoms with Crippen molar-refractivity contribution < 1.29 is 4.74 Å². The van der Waals surface area contributed by atoms with Gasteiger partial charge in [0, 0.05) is 13.6 Å². The maximum atomic E-state index is 5.78. The SMILES string of the molecule is CCCC[Si](C)(C)CCCCOc1cnc(-c2ccccc2)nc1. The number of ether oxygens (including phenoxy) is 1. The summed E-state index contributed by atoms with van der Waals surface area (Å²) in [5.74, 6) is 1.50. The monoisotopic (exact) mass is 342 g/mol. The number of unbranched alkanes of at least 4 members (excludes halogenated alkanes) is 2. The molecular formula is C20H30N2OSi. The van der Waals surface area contributed by atoms with E-state index in [4.69, 9.17) is 4.74 Å². The van der Waals surface area contributed by atoms with Gasteiger partial charge in [0.15, 0.2) is 11.6 Å². The van der Waals surface area contributed by atoms with E-state index in [1.807, 2.05) is 30.3 Å². The second kappa shape index (κ2) is 9.57. The molecule has 1 aromatic carbocycles. The summed E-state index contributed by atoms with van der Waals surface area (Å²) in [6.45, 7) is 8.06. The Labute approximate surface area is 147 Å². The van der Waals surface area contributed by atoms with Crippen molar-refractivity contribution in [2.24, 2.45) is 0 Å². The van der Waals surface area contributed by atoms with E-state index in [1.165, 1.54) is 31.4 Å². The van der Waals surface area contributed by atoms with Crippen LogP contribution in [0.25, 0.3) is 11.4 Å². The van der Waals surface area contributed by atoms with Crippen molar-refractivity contribution in [1.82, 2.24) is 9.97 Å². The van der Waals surface area contributed by atoms with E-state index in [0.29, 0.717) is 0 Å². The molecule has 130 valence electrons. The summed E-state index contributed by atoms with van der Waals surface area (Å²) in [5, 5.41) is 0. The van der Waals surface area contributed by atoms with E-state index in [9.17, 15) is 0 Å². The van der Waals surface area contributed by atoms with Crippen LogP contribution in [0.15, 0.2) is 42.7 Å². The van der Waals surface area contributed by atoms with Gasteiger partial charge >= 0.3 is 0 Å². The topological polar surface area (TPSA) is 35.0 Å². The first-order valence-electron chi connectivity index (χ1n) is 9.11. The summed E-state index contributed by atoms with van der Waals surface area (Å²) >= 11 is 0. The van der Waals surface area contributed by atoms with Crippen molar-refractivity contribution >= 4 is 8.07 Å². The maximum absolute atomic E-state index is 5.78. The Hall–Kier alpha value is -1.68. The van der Waals surface area contributed by atoms with E-state index in [1.54, 1.807) is 12.4 Å². The minimum absolute atomic E-state index is 0.742. The highest BCUT2D eigenvalue weighted by Crippen LogP contribution is 2.21. The number of aromatic nitrogens is 2. The molecule has 1 aromatic heterocycles.